The fourth-order valence-electron chi connectivity index (χ4n) is 2.83. The Morgan fingerprint density at radius 2 is 2.18 bits per heavy atom. The van der Waals surface area contributed by atoms with Gasteiger partial charge in [0.1, 0.15) is 23.3 Å². The van der Waals surface area contributed by atoms with Gasteiger partial charge in [-0.15, -0.1) is 0 Å². The Kier molecular flexibility index (Phi) is 5.99. The van der Waals surface area contributed by atoms with E-state index in [-0.39, 0.29) is 36.6 Å². The van der Waals surface area contributed by atoms with Crippen LogP contribution in [0.2, 0.25) is 5.02 Å². The Morgan fingerprint density at radius 1 is 1.39 bits per heavy atom. The summed E-state index contributed by atoms with van der Waals surface area (Å²) in [6, 6.07) is 6.88. The van der Waals surface area contributed by atoms with Crippen LogP contribution >= 0.6 is 11.6 Å². The highest BCUT2D eigenvalue weighted by molar-refractivity contribution is 6.32. The molecule has 0 spiro atoms. The van der Waals surface area contributed by atoms with Gasteiger partial charge in [0, 0.05) is 12.6 Å². The number of rotatable bonds is 7. The zero-order chi connectivity index (χ0) is 20.3. The molecular weight excluding hydrogens is 386 g/mol. The number of fused-ring (bicyclic) bond motifs is 1. The van der Waals surface area contributed by atoms with Gasteiger partial charge in [0.05, 0.1) is 22.8 Å². The lowest BCUT2D eigenvalue weighted by Gasteiger charge is -2.30. The first-order valence-corrected chi connectivity index (χ1v) is 9.22. The minimum atomic E-state index is -0.989. The van der Waals surface area contributed by atoms with Crippen molar-refractivity contribution in [3.8, 4) is 11.5 Å². The van der Waals surface area contributed by atoms with Crippen molar-refractivity contribution < 1.29 is 24.2 Å². The molecule has 0 radical (unpaired) electrons. The van der Waals surface area contributed by atoms with Crippen molar-refractivity contribution >= 4 is 29.2 Å². The third-order valence-electron chi connectivity index (χ3n) is 4.29. The molecule has 1 unspecified atom stereocenters. The van der Waals surface area contributed by atoms with Crippen LogP contribution in [0.5, 0.6) is 11.5 Å². The van der Waals surface area contributed by atoms with Gasteiger partial charge >= 0.3 is 5.97 Å². The SMILES string of the molecule is CCC(Oc1cc2c(cc1Cl)N(CCC(=O)O)C(=O)CO2)c1ccc(C)nn1. The summed E-state index contributed by atoms with van der Waals surface area (Å²) >= 11 is 6.38. The van der Waals surface area contributed by atoms with E-state index in [1.807, 2.05) is 26.0 Å². The third-order valence-corrected chi connectivity index (χ3v) is 4.59. The largest absolute Gasteiger partial charge is 0.482 e. The van der Waals surface area contributed by atoms with Gasteiger partial charge in [-0.2, -0.15) is 10.2 Å². The van der Waals surface area contributed by atoms with Crippen molar-refractivity contribution in [1.82, 2.24) is 10.2 Å². The zero-order valence-corrected chi connectivity index (χ0v) is 16.3. The number of aliphatic carboxylic acids is 1. The number of hydrogen-bond acceptors (Lipinski definition) is 6. The number of carboxylic acid groups (broad SMARTS) is 1. The maximum Gasteiger partial charge on any atom is 0.305 e. The average Bonchev–Trinajstić information content (AvgIpc) is 2.66. The Balaban J connectivity index is 1.86. The number of aryl methyl sites for hydroxylation is 1. The van der Waals surface area contributed by atoms with Crippen LogP contribution in [0.15, 0.2) is 24.3 Å². The Bertz CT molecular complexity index is 888. The van der Waals surface area contributed by atoms with Crippen molar-refractivity contribution in [3.63, 3.8) is 0 Å². The van der Waals surface area contributed by atoms with Crippen LogP contribution in [0.1, 0.15) is 37.3 Å². The Labute approximate surface area is 167 Å². The molecule has 1 aliphatic rings. The molecule has 0 saturated heterocycles. The average molecular weight is 406 g/mol. The summed E-state index contributed by atoms with van der Waals surface area (Å²) in [5, 5.41) is 17.4. The van der Waals surface area contributed by atoms with E-state index >= 15 is 0 Å². The van der Waals surface area contributed by atoms with E-state index < -0.39 is 5.97 Å². The number of aromatic nitrogens is 2. The van der Waals surface area contributed by atoms with Gasteiger partial charge in [0.2, 0.25) is 0 Å². The molecule has 148 valence electrons. The van der Waals surface area contributed by atoms with E-state index in [1.165, 1.54) is 4.90 Å². The van der Waals surface area contributed by atoms with E-state index in [2.05, 4.69) is 10.2 Å². The van der Waals surface area contributed by atoms with Crippen LogP contribution < -0.4 is 14.4 Å². The standard InChI is InChI=1S/C19H20ClN3O5/c1-3-15(13-5-4-11(2)21-22-13)28-16-9-17-14(8-12(16)20)23(7-6-19(25)26)18(24)10-27-17/h4-5,8-9,15H,3,6-7,10H2,1-2H3,(H,25,26). The number of halogens is 1. The van der Waals surface area contributed by atoms with Gasteiger partial charge in [-0.3, -0.25) is 9.59 Å². The number of amides is 1. The summed E-state index contributed by atoms with van der Waals surface area (Å²) in [7, 11) is 0. The molecule has 0 fully saturated rings. The lowest BCUT2D eigenvalue weighted by molar-refractivity contribution is -0.136. The summed E-state index contributed by atoms with van der Waals surface area (Å²) in [5.41, 5.74) is 1.92. The molecule has 2 heterocycles. The number of carbonyl (C=O) groups is 2. The molecule has 1 N–H and O–H groups in total. The van der Waals surface area contributed by atoms with E-state index in [0.29, 0.717) is 29.3 Å². The van der Waals surface area contributed by atoms with Gasteiger partial charge in [0.25, 0.3) is 5.91 Å². The number of ether oxygens (including phenoxy) is 2. The summed E-state index contributed by atoms with van der Waals surface area (Å²) < 4.78 is 11.5. The number of carboxylic acids is 1. The van der Waals surface area contributed by atoms with Gasteiger partial charge in [-0.05, 0) is 31.5 Å². The van der Waals surface area contributed by atoms with Crippen LogP contribution in [0.3, 0.4) is 0 Å². The molecule has 2 aromatic rings. The van der Waals surface area contributed by atoms with Crippen molar-refractivity contribution in [2.45, 2.75) is 32.8 Å². The van der Waals surface area contributed by atoms with Crippen LogP contribution in [0.25, 0.3) is 0 Å². The number of hydrogen-bond donors (Lipinski definition) is 1. The van der Waals surface area contributed by atoms with Crippen molar-refractivity contribution in [3.05, 3.63) is 40.7 Å². The summed E-state index contributed by atoms with van der Waals surface area (Å²) in [4.78, 5) is 24.4. The third kappa shape index (κ3) is 4.33. The lowest BCUT2D eigenvalue weighted by Crippen LogP contribution is -2.40. The molecule has 28 heavy (non-hydrogen) atoms. The molecule has 1 aromatic carbocycles. The number of benzene rings is 1. The first-order chi connectivity index (χ1) is 13.4. The van der Waals surface area contributed by atoms with Crippen molar-refractivity contribution in [2.75, 3.05) is 18.1 Å². The predicted molar refractivity (Wildman–Crippen MR) is 102 cm³/mol. The molecule has 0 aliphatic carbocycles. The maximum atomic E-state index is 12.1. The quantitative estimate of drug-likeness (QED) is 0.754. The predicted octanol–water partition coefficient (Wildman–Crippen LogP) is 3.17. The minimum Gasteiger partial charge on any atom is -0.482 e. The highest BCUT2D eigenvalue weighted by atomic mass is 35.5. The first-order valence-electron chi connectivity index (χ1n) is 8.84. The fraction of sp³-hybridized carbons (Fsp3) is 0.368. The zero-order valence-electron chi connectivity index (χ0n) is 15.5. The molecule has 0 bridgehead atoms. The second kappa shape index (κ2) is 8.43. The summed E-state index contributed by atoms with van der Waals surface area (Å²) in [5.74, 6) is -0.506. The van der Waals surface area contributed by atoms with E-state index in [0.717, 1.165) is 5.69 Å². The Hall–Kier alpha value is -2.87. The molecule has 1 amide bonds. The molecule has 1 aliphatic heterocycles. The maximum absolute atomic E-state index is 12.1. The van der Waals surface area contributed by atoms with E-state index in [1.54, 1.807) is 12.1 Å². The highest BCUT2D eigenvalue weighted by Crippen LogP contribution is 2.41. The second-order valence-corrected chi connectivity index (χ2v) is 6.75. The van der Waals surface area contributed by atoms with Gasteiger partial charge < -0.3 is 19.5 Å². The van der Waals surface area contributed by atoms with Crippen molar-refractivity contribution in [2.24, 2.45) is 0 Å². The normalized spacial score (nSPS) is 14.2. The monoisotopic (exact) mass is 405 g/mol. The van der Waals surface area contributed by atoms with Crippen LogP contribution in [0.4, 0.5) is 5.69 Å². The molecule has 8 nitrogen and oxygen atoms in total. The first kappa shape index (κ1) is 19.9. The van der Waals surface area contributed by atoms with Crippen LogP contribution in [-0.4, -0.2) is 40.3 Å². The molecular formula is C19H20ClN3O5. The van der Waals surface area contributed by atoms with E-state index in [4.69, 9.17) is 26.2 Å². The summed E-state index contributed by atoms with van der Waals surface area (Å²) in [6.45, 7) is 3.68. The smallest absolute Gasteiger partial charge is 0.305 e. The molecule has 1 atom stereocenters. The topological polar surface area (TPSA) is 102 Å². The number of nitrogens with zero attached hydrogens (tertiary/aromatic N) is 3. The Morgan fingerprint density at radius 3 is 2.82 bits per heavy atom. The number of carbonyl (C=O) groups excluding carboxylic acids is 1. The second-order valence-electron chi connectivity index (χ2n) is 6.34. The fourth-order valence-corrected chi connectivity index (χ4v) is 3.03. The molecule has 0 saturated carbocycles. The molecule has 9 heteroatoms. The van der Waals surface area contributed by atoms with E-state index in [9.17, 15) is 9.59 Å². The lowest BCUT2D eigenvalue weighted by atomic mass is 10.1. The molecule has 1 aromatic heterocycles. The highest BCUT2D eigenvalue weighted by Gasteiger charge is 2.28. The van der Waals surface area contributed by atoms with Crippen molar-refractivity contribution in [1.29, 1.82) is 0 Å². The van der Waals surface area contributed by atoms with Gasteiger partial charge in [-0.25, -0.2) is 0 Å². The van der Waals surface area contributed by atoms with Gasteiger partial charge in [0.15, 0.2) is 6.61 Å². The summed E-state index contributed by atoms with van der Waals surface area (Å²) in [6.07, 6.45) is 0.122. The van der Waals surface area contributed by atoms with Gasteiger partial charge in [-0.1, -0.05) is 18.5 Å². The number of anilines is 1. The molecule has 3 rings (SSSR count). The van der Waals surface area contributed by atoms with Crippen LogP contribution in [-0.2, 0) is 9.59 Å². The van der Waals surface area contributed by atoms with Crippen LogP contribution in [0, 0.1) is 6.92 Å². The minimum absolute atomic E-state index is 0.0393.